The highest BCUT2D eigenvalue weighted by atomic mass is 19.4. The second-order valence-corrected chi connectivity index (χ2v) is 10.3. The second kappa shape index (κ2) is 10.4. The summed E-state index contributed by atoms with van der Waals surface area (Å²) < 4.78 is 38.4. The Morgan fingerprint density at radius 1 is 0.719 bits per heavy atom. The van der Waals surface area contributed by atoms with Crippen LogP contribution in [0.25, 0.3) is 11.1 Å². The molecule has 4 rings (SSSR count). The quantitative estimate of drug-likeness (QED) is 0.374. The minimum absolute atomic E-state index is 0.592. The van der Waals surface area contributed by atoms with E-state index in [2.05, 4.69) is 31.2 Å². The number of unbranched alkanes of at least 4 members (excludes halogenated alkanes) is 3. The van der Waals surface area contributed by atoms with Gasteiger partial charge in [0.15, 0.2) is 0 Å². The molecule has 4 atom stereocenters. The molecule has 2 aliphatic rings. The van der Waals surface area contributed by atoms with Crippen LogP contribution in [0.5, 0.6) is 0 Å². The van der Waals surface area contributed by atoms with Gasteiger partial charge < -0.3 is 0 Å². The first kappa shape index (κ1) is 23.4. The van der Waals surface area contributed by atoms with Gasteiger partial charge in [-0.25, -0.2) is 0 Å². The van der Waals surface area contributed by atoms with E-state index in [4.69, 9.17) is 0 Å². The third kappa shape index (κ3) is 5.77. The molecule has 0 N–H and O–H groups in total. The van der Waals surface area contributed by atoms with Gasteiger partial charge in [0.05, 0.1) is 5.56 Å². The smallest absolute Gasteiger partial charge is 0.166 e. The lowest BCUT2D eigenvalue weighted by molar-refractivity contribution is -0.137. The van der Waals surface area contributed by atoms with E-state index in [1.165, 1.54) is 88.3 Å². The van der Waals surface area contributed by atoms with E-state index in [0.29, 0.717) is 5.92 Å². The fourth-order valence-electron chi connectivity index (χ4n) is 6.21. The van der Waals surface area contributed by atoms with Gasteiger partial charge in [0.1, 0.15) is 0 Å². The molecule has 0 amide bonds. The Hall–Kier alpha value is -1.77. The van der Waals surface area contributed by atoms with Gasteiger partial charge in [0.25, 0.3) is 0 Å². The van der Waals surface area contributed by atoms with Gasteiger partial charge in [-0.1, -0.05) is 81.8 Å². The minimum Gasteiger partial charge on any atom is -0.166 e. The van der Waals surface area contributed by atoms with Gasteiger partial charge in [0.2, 0.25) is 0 Å². The summed E-state index contributed by atoms with van der Waals surface area (Å²) in [6.07, 6.45) is 10.9. The third-order valence-corrected chi connectivity index (χ3v) is 8.12. The minimum atomic E-state index is -4.28. The molecule has 0 aromatic heterocycles. The van der Waals surface area contributed by atoms with Crippen molar-refractivity contribution < 1.29 is 13.2 Å². The number of benzene rings is 2. The Morgan fingerprint density at radius 3 is 2.00 bits per heavy atom. The molecule has 3 heteroatoms. The highest BCUT2D eigenvalue weighted by Gasteiger charge is 2.35. The van der Waals surface area contributed by atoms with Crippen LogP contribution >= 0.6 is 0 Å². The van der Waals surface area contributed by atoms with Gasteiger partial charge in [-0.15, -0.1) is 0 Å². The molecule has 0 aliphatic heterocycles. The van der Waals surface area contributed by atoms with E-state index in [1.807, 2.05) is 0 Å². The molecule has 0 nitrogen and oxygen atoms in total. The van der Waals surface area contributed by atoms with E-state index in [1.54, 1.807) is 12.1 Å². The predicted molar refractivity (Wildman–Crippen MR) is 127 cm³/mol. The zero-order valence-electron chi connectivity index (χ0n) is 19.3. The molecule has 174 valence electrons. The number of halogens is 3. The average molecular weight is 443 g/mol. The second-order valence-electron chi connectivity index (χ2n) is 10.3. The lowest BCUT2D eigenvalue weighted by Gasteiger charge is -2.42. The van der Waals surface area contributed by atoms with E-state index in [0.717, 1.165) is 28.9 Å². The van der Waals surface area contributed by atoms with Crippen LogP contribution in [0.1, 0.15) is 94.6 Å². The van der Waals surface area contributed by atoms with Crippen LogP contribution < -0.4 is 0 Å². The van der Waals surface area contributed by atoms with Crippen molar-refractivity contribution in [3.05, 3.63) is 59.7 Å². The average Bonchev–Trinajstić information content (AvgIpc) is 2.81. The zero-order valence-corrected chi connectivity index (χ0v) is 19.3. The maximum Gasteiger partial charge on any atom is 0.416 e. The normalized spacial score (nSPS) is 26.0. The molecule has 0 saturated heterocycles. The Kier molecular flexibility index (Phi) is 7.63. The van der Waals surface area contributed by atoms with Crippen molar-refractivity contribution in [3.8, 4) is 11.1 Å². The molecule has 0 radical (unpaired) electrons. The maximum absolute atomic E-state index is 12.8. The molecule has 0 bridgehead atoms. The van der Waals surface area contributed by atoms with Gasteiger partial charge in [-0.3, -0.25) is 0 Å². The number of alkyl halides is 3. The van der Waals surface area contributed by atoms with Crippen LogP contribution in [0.4, 0.5) is 13.2 Å². The van der Waals surface area contributed by atoms with Crippen molar-refractivity contribution >= 4 is 0 Å². The largest absolute Gasteiger partial charge is 0.416 e. The maximum atomic E-state index is 12.8. The van der Waals surface area contributed by atoms with Gasteiger partial charge in [-0.2, -0.15) is 13.2 Å². The summed E-state index contributed by atoms with van der Waals surface area (Å²) in [5.41, 5.74) is 2.64. The standard InChI is InChI=1S/C29H37F3/c1-2-3-4-5-6-21-7-8-27-20-26(14-13-25(27)19-21)24-11-9-22(10-12-24)23-15-17-28(18-16-23)29(30,31)32/h9-12,15-18,21,25-27H,2-8,13-14,19-20H2,1H3/t21?,25-,26-,27-/m1/s1. The van der Waals surface area contributed by atoms with E-state index in [-0.39, 0.29) is 0 Å². The molecule has 2 aromatic rings. The summed E-state index contributed by atoms with van der Waals surface area (Å²) in [5.74, 6) is 3.42. The van der Waals surface area contributed by atoms with Crippen molar-refractivity contribution in [3.63, 3.8) is 0 Å². The molecular formula is C29H37F3. The summed E-state index contributed by atoms with van der Waals surface area (Å²) >= 11 is 0. The van der Waals surface area contributed by atoms with Crippen LogP contribution in [0, 0.1) is 17.8 Å². The van der Waals surface area contributed by atoms with Crippen molar-refractivity contribution in [2.75, 3.05) is 0 Å². The molecule has 0 heterocycles. The molecule has 32 heavy (non-hydrogen) atoms. The lowest BCUT2D eigenvalue weighted by Crippen LogP contribution is -2.30. The Balaban J connectivity index is 1.31. The first-order valence-electron chi connectivity index (χ1n) is 12.7. The van der Waals surface area contributed by atoms with Crippen LogP contribution in [0.3, 0.4) is 0 Å². The number of hydrogen-bond acceptors (Lipinski definition) is 0. The molecule has 2 saturated carbocycles. The molecular weight excluding hydrogens is 405 g/mol. The highest BCUT2D eigenvalue weighted by Crippen LogP contribution is 2.48. The molecule has 0 spiro atoms. The topological polar surface area (TPSA) is 0 Å². The monoisotopic (exact) mass is 442 g/mol. The van der Waals surface area contributed by atoms with Crippen molar-refractivity contribution in [2.45, 2.75) is 89.6 Å². The summed E-state index contributed by atoms with van der Waals surface area (Å²) in [4.78, 5) is 0. The molecule has 2 aromatic carbocycles. The fourth-order valence-corrected chi connectivity index (χ4v) is 6.21. The van der Waals surface area contributed by atoms with Gasteiger partial charge in [-0.05, 0) is 84.6 Å². The molecule has 1 unspecified atom stereocenters. The lowest BCUT2D eigenvalue weighted by atomic mass is 9.63. The number of fused-ring (bicyclic) bond motifs is 1. The van der Waals surface area contributed by atoms with Gasteiger partial charge >= 0.3 is 6.18 Å². The summed E-state index contributed by atoms with van der Waals surface area (Å²) in [5, 5.41) is 0. The third-order valence-electron chi connectivity index (χ3n) is 8.12. The Bertz CT molecular complexity index is 834. The SMILES string of the molecule is CCCCCCC1CC[C@@H]2C[C@H](c3ccc(-c4ccc(C(F)(F)F)cc4)cc3)CC[C@@H]2C1. The van der Waals surface area contributed by atoms with E-state index in [9.17, 15) is 13.2 Å². The molecule has 2 aliphatic carbocycles. The van der Waals surface area contributed by atoms with Crippen LogP contribution in [-0.4, -0.2) is 0 Å². The summed E-state index contributed by atoms with van der Waals surface area (Å²) in [7, 11) is 0. The van der Waals surface area contributed by atoms with Crippen LogP contribution in [0.2, 0.25) is 0 Å². The predicted octanol–water partition coefficient (Wildman–Crippen LogP) is 9.64. The van der Waals surface area contributed by atoms with E-state index < -0.39 is 11.7 Å². The van der Waals surface area contributed by atoms with Crippen LogP contribution in [0.15, 0.2) is 48.5 Å². The summed E-state index contributed by atoms with van der Waals surface area (Å²) in [6, 6.07) is 14.1. The van der Waals surface area contributed by atoms with Gasteiger partial charge in [0, 0.05) is 0 Å². The first-order chi connectivity index (χ1) is 15.4. The fraction of sp³-hybridized carbons (Fsp3) is 0.586. The zero-order chi connectivity index (χ0) is 22.6. The van der Waals surface area contributed by atoms with Crippen molar-refractivity contribution in [2.24, 2.45) is 17.8 Å². The Morgan fingerprint density at radius 2 is 1.34 bits per heavy atom. The van der Waals surface area contributed by atoms with Crippen LogP contribution in [-0.2, 0) is 6.18 Å². The number of hydrogen-bond donors (Lipinski definition) is 0. The summed E-state index contributed by atoms with van der Waals surface area (Å²) in [6.45, 7) is 2.28. The molecule has 2 fully saturated rings. The Labute approximate surface area is 191 Å². The van der Waals surface area contributed by atoms with Crippen molar-refractivity contribution in [1.82, 2.24) is 0 Å². The number of rotatable bonds is 7. The first-order valence-corrected chi connectivity index (χ1v) is 12.7. The highest BCUT2D eigenvalue weighted by molar-refractivity contribution is 5.64. The van der Waals surface area contributed by atoms with E-state index >= 15 is 0 Å². The van der Waals surface area contributed by atoms with Crippen molar-refractivity contribution in [1.29, 1.82) is 0 Å².